The van der Waals surface area contributed by atoms with Crippen LogP contribution in [0.15, 0.2) is 12.3 Å². The summed E-state index contributed by atoms with van der Waals surface area (Å²) in [5.41, 5.74) is 0. The van der Waals surface area contributed by atoms with Crippen molar-refractivity contribution in [1.29, 1.82) is 0 Å². The largest absolute Gasteiger partial charge is 0.356 e. The van der Waals surface area contributed by atoms with Crippen molar-refractivity contribution in [3.8, 4) is 0 Å². The van der Waals surface area contributed by atoms with Gasteiger partial charge in [0.25, 0.3) is 0 Å². The molecule has 0 unspecified atom stereocenters. The molecule has 0 amide bonds. The van der Waals surface area contributed by atoms with E-state index in [1.165, 1.54) is 25.7 Å². The molecule has 4 nitrogen and oxygen atoms in total. The highest BCUT2D eigenvalue weighted by atomic mass is 15.2. The Bertz CT molecular complexity index is 332. The van der Waals surface area contributed by atoms with Crippen molar-refractivity contribution in [2.75, 3.05) is 29.9 Å². The van der Waals surface area contributed by atoms with Crippen LogP contribution in [0.3, 0.4) is 0 Å². The first kappa shape index (κ1) is 12.1. The molecule has 0 spiro atoms. The van der Waals surface area contributed by atoms with Gasteiger partial charge in [-0.05, 0) is 25.3 Å². The molecule has 2 heterocycles. The van der Waals surface area contributed by atoms with Crippen LogP contribution in [0.4, 0.5) is 11.8 Å². The summed E-state index contributed by atoms with van der Waals surface area (Å²) in [6.45, 7) is 6.85. The molecule has 0 atom stereocenters. The summed E-state index contributed by atoms with van der Waals surface area (Å²) in [4.78, 5) is 11.1. The monoisotopic (exact) mass is 233 g/mol. The molecule has 0 aromatic carbocycles. The van der Waals surface area contributed by atoms with Crippen LogP contribution in [-0.4, -0.2) is 29.6 Å². The highest BCUT2D eigenvalue weighted by Crippen LogP contribution is 2.17. The number of nitrogens with one attached hydrogen (secondary N) is 1. The van der Waals surface area contributed by atoms with E-state index in [1.807, 2.05) is 12.3 Å². The molecule has 17 heavy (non-hydrogen) atoms. The van der Waals surface area contributed by atoms with Gasteiger partial charge in [-0.15, -0.1) is 0 Å². The van der Waals surface area contributed by atoms with Gasteiger partial charge in [0.1, 0.15) is 5.82 Å². The quantitative estimate of drug-likeness (QED) is 0.867. The lowest BCUT2D eigenvalue weighted by atomic mass is 10.2. The van der Waals surface area contributed by atoms with Crippen LogP contribution in [0.1, 0.15) is 32.1 Å². The van der Waals surface area contributed by atoms with Crippen molar-refractivity contribution in [1.82, 2.24) is 9.97 Å². The van der Waals surface area contributed by atoms with Gasteiger partial charge in [-0.3, -0.25) is 0 Å². The minimum absolute atomic E-state index is 0.718. The topological polar surface area (TPSA) is 41.1 Å². The fourth-order valence-electron chi connectivity index (χ4n) is 2.11. The minimum Gasteiger partial charge on any atom is -0.356 e. The third kappa shape index (κ3) is 3.58. The van der Waals surface area contributed by atoms with Crippen LogP contribution in [0.5, 0.6) is 0 Å². The molecule has 0 aliphatic carbocycles. The van der Waals surface area contributed by atoms with Gasteiger partial charge in [0, 0.05) is 25.8 Å². The van der Waals surface area contributed by atoms with E-state index < -0.39 is 0 Å². The summed E-state index contributed by atoms with van der Waals surface area (Å²) in [7, 11) is 0. The number of nitrogens with zero attached hydrogens (tertiary/aromatic N) is 3. The van der Waals surface area contributed by atoms with Crippen LogP contribution < -0.4 is 10.2 Å². The van der Waals surface area contributed by atoms with Crippen LogP contribution in [-0.2, 0) is 0 Å². The second-order valence-electron chi connectivity index (χ2n) is 4.42. The summed E-state index contributed by atoms with van der Waals surface area (Å²) in [6, 6.07) is 2.00. The van der Waals surface area contributed by atoms with Gasteiger partial charge in [0.15, 0.2) is 0 Å². The SMILES string of the molecule is [CH2]CCNc1nccc(N2CCCCCC2)n1. The molecular formula is C13H21N4. The van der Waals surface area contributed by atoms with Gasteiger partial charge < -0.3 is 10.2 Å². The summed E-state index contributed by atoms with van der Waals surface area (Å²) in [5, 5.41) is 3.18. The predicted molar refractivity (Wildman–Crippen MR) is 71.2 cm³/mol. The zero-order valence-electron chi connectivity index (χ0n) is 10.4. The predicted octanol–water partition coefficient (Wildman–Crippen LogP) is 2.49. The fourth-order valence-corrected chi connectivity index (χ4v) is 2.11. The molecule has 1 fully saturated rings. The van der Waals surface area contributed by atoms with E-state index >= 15 is 0 Å². The Kier molecular flexibility index (Phi) is 4.59. The molecule has 1 saturated heterocycles. The third-order valence-corrected chi connectivity index (χ3v) is 3.03. The van der Waals surface area contributed by atoms with Crippen molar-refractivity contribution in [2.45, 2.75) is 32.1 Å². The second kappa shape index (κ2) is 6.42. The average Bonchev–Trinajstić information content (AvgIpc) is 2.65. The standard InChI is InChI=1S/C13H21N4/c1-2-8-14-13-15-9-7-12(16-13)17-10-5-3-4-6-11-17/h7,9H,1-6,8,10-11H2,(H,14,15,16). The maximum atomic E-state index is 4.55. The number of hydrogen-bond donors (Lipinski definition) is 1. The Morgan fingerprint density at radius 3 is 2.71 bits per heavy atom. The van der Waals surface area contributed by atoms with Crippen molar-refractivity contribution in [3.05, 3.63) is 19.2 Å². The Labute approximate surface area is 103 Å². The van der Waals surface area contributed by atoms with Crippen LogP contribution in [0.25, 0.3) is 0 Å². The van der Waals surface area contributed by atoms with Gasteiger partial charge in [-0.2, -0.15) is 4.98 Å². The summed E-state index contributed by atoms with van der Waals surface area (Å²) in [5.74, 6) is 1.77. The molecule has 1 N–H and O–H groups in total. The van der Waals surface area contributed by atoms with Gasteiger partial charge in [-0.1, -0.05) is 19.8 Å². The lowest BCUT2D eigenvalue weighted by Gasteiger charge is -2.21. The van der Waals surface area contributed by atoms with Gasteiger partial charge in [0.05, 0.1) is 0 Å². The van der Waals surface area contributed by atoms with Gasteiger partial charge in [-0.25, -0.2) is 4.98 Å². The Morgan fingerprint density at radius 1 is 1.24 bits per heavy atom. The lowest BCUT2D eigenvalue weighted by molar-refractivity contribution is 0.726. The van der Waals surface area contributed by atoms with Gasteiger partial charge >= 0.3 is 0 Å². The first-order chi connectivity index (χ1) is 8.40. The molecule has 2 rings (SSSR count). The zero-order chi connectivity index (χ0) is 11.9. The average molecular weight is 233 g/mol. The first-order valence-electron chi connectivity index (χ1n) is 6.51. The van der Waals surface area contributed by atoms with E-state index in [-0.39, 0.29) is 0 Å². The molecule has 4 heteroatoms. The van der Waals surface area contributed by atoms with E-state index in [0.717, 1.165) is 37.8 Å². The molecule has 1 radical (unpaired) electrons. The van der Waals surface area contributed by atoms with Crippen molar-refractivity contribution in [3.63, 3.8) is 0 Å². The number of hydrogen-bond acceptors (Lipinski definition) is 4. The van der Waals surface area contributed by atoms with E-state index in [1.54, 1.807) is 0 Å². The number of aromatic nitrogens is 2. The van der Waals surface area contributed by atoms with E-state index in [0.29, 0.717) is 0 Å². The highest BCUT2D eigenvalue weighted by Gasteiger charge is 2.11. The Balaban J connectivity index is 2.03. The lowest BCUT2D eigenvalue weighted by Crippen LogP contribution is -2.25. The van der Waals surface area contributed by atoms with Crippen molar-refractivity contribution in [2.24, 2.45) is 0 Å². The molecule has 93 valence electrons. The Morgan fingerprint density at radius 2 is 2.00 bits per heavy atom. The Hall–Kier alpha value is -1.32. The summed E-state index contributed by atoms with van der Waals surface area (Å²) in [6.07, 6.45) is 7.90. The summed E-state index contributed by atoms with van der Waals surface area (Å²) < 4.78 is 0. The van der Waals surface area contributed by atoms with Crippen molar-refractivity contribution < 1.29 is 0 Å². The van der Waals surface area contributed by atoms with Crippen LogP contribution in [0, 0.1) is 6.92 Å². The van der Waals surface area contributed by atoms with E-state index in [4.69, 9.17) is 0 Å². The molecule has 1 aliphatic heterocycles. The smallest absolute Gasteiger partial charge is 0.224 e. The molecule has 1 aromatic rings. The second-order valence-corrected chi connectivity index (χ2v) is 4.42. The normalized spacial score (nSPS) is 16.6. The van der Waals surface area contributed by atoms with E-state index in [9.17, 15) is 0 Å². The number of anilines is 2. The summed E-state index contributed by atoms with van der Waals surface area (Å²) >= 11 is 0. The van der Waals surface area contributed by atoms with Crippen LogP contribution in [0.2, 0.25) is 0 Å². The maximum absolute atomic E-state index is 4.55. The highest BCUT2D eigenvalue weighted by molar-refractivity contribution is 5.42. The third-order valence-electron chi connectivity index (χ3n) is 3.03. The zero-order valence-corrected chi connectivity index (χ0v) is 10.4. The fraction of sp³-hybridized carbons (Fsp3) is 0.615. The first-order valence-corrected chi connectivity index (χ1v) is 6.51. The van der Waals surface area contributed by atoms with E-state index in [2.05, 4.69) is 27.1 Å². The maximum Gasteiger partial charge on any atom is 0.224 e. The molecule has 0 bridgehead atoms. The van der Waals surface area contributed by atoms with Gasteiger partial charge in [0.2, 0.25) is 5.95 Å². The molecular weight excluding hydrogens is 212 g/mol. The molecule has 0 saturated carbocycles. The number of rotatable bonds is 4. The minimum atomic E-state index is 0.718. The molecule has 1 aromatic heterocycles. The molecule has 1 aliphatic rings. The van der Waals surface area contributed by atoms with Crippen LogP contribution >= 0.6 is 0 Å². The van der Waals surface area contributed by atoms with Crippen molar-refractivity contribution >= 4 is 11.8 Å².